The van der Waals surface area contributed by atoms with Crippen molar-refractivity contribution in [3.8, 4) is 5.82 Å². The minimum Gasteiger partial charge on any atom is -0.336 e. The second-order valence-electron chi connectivity index (χ2n) is 2.68. The molecule has 0 aromatic carbocycles. The molecular formula is C6H8N6O. The largest absolute Gasteiger partial charge is 0.367 e. The van der Waals surface area contributed by atoms with Gasteiger partial charge in [0.2, 0.25) is 0 Å². The highest BCUT2D eigenvalue weighted by molar-refractivity contribution is 5.25. The topological polar surface area (TPSA) is 81.4 Å². The Morgan fingerprint density at radius 2 is 2.31 bits per heavy atom. The molecule has 0 aliphatic carbocycles. The summed E-state index contributed by atoms with van der Waals surface area (Å²) in [6, 6.07) is 0. The van der Waals surface area contributed by atoms with Crippen molar-refractivity contribution in [3.05, 3.63) is 22.5 Å². The monoisotopic (exact) mass is 180 g/mol. The predicted octanol–water partition coefficient (Wildman–Crippen LogP) is -1.00. The standard InChI is InChI=1S/C6H8N6O/c1-4-5(7-3-11(4)2)12-6(13)8-9-10-12/h3H,1-2H3,(H,8,10,13). The molecule has 2 aromatic heterocycles. The van der Waals surface area contributed by atoms with Gasteiger partial charge in [0.25, 0.3) is 0 Å². The molecule has 0 fully saturated rings. The summed E-state index contributed by atoms with van der Waals surface area (Å²) in [5, 5.41) is 9.16. The summed E-state index contributed by atoms with van der Waals surface area (Å²) < 4.78 is 2.92. The summed E-state index contributed by atoms with van der Waals surface area (Å²) in [6.45, 7) is 1.85. The molecule has 0 bridgehead atoms. The van der Waals surface area contributed by atoms with Crippen molar-refractivity contribution in [3.63, 3.8) is 0 Å². The summed E-state index contributed by atoms with van der Waals surface area (Å²) in [5.74, 6) is 0.501. The second kappa shape index (κ2) is 2.54. The number of hydrogen-bond donors (Lipinski definition) is 1. The molecule has 0 unspecified atom stereocenters. The predicted molar refractivity (Wildman–Crippen MR) is 43.5 cm³/mol. The van der Waals surface area contributed by atoms with Crippen LogP contribution >= 0.6 is 0 Å². The van der Waals surface area contributed by atoms with Gasteiger partial charge in [-0.1, -0.05) is 0 Å². The summed E-state index contributed by atoms with van der Waals surface area (Å²) >= 11 is 0. The van der Waals surface area contributed by atoms with Crippen LogP contribution in [0.5, 0.6) is 0 Å². The van der Waals surface area contributed by atoms with E-state index in [1.807, 2.05) is 14.0 Å². The molecule has 13 heavy (non-hydrogen) atoms. The maximum absolute atomic E-state index is 11.1. The SMILES string of the molecule is Cc1c(-n2nn[nH]c2=O)ncn1C. The van der Waals surface area contributed by atoms with E-state index in [4.69, 9.17) is 0 Å². The average molecular weight is 180 g/mol. The highest BCUT2D eigenvalue weighted by Gasteiger charge is 2.09. The maximum Gasteiger partial charge on any atom is 0.367 e. The zero-order valence-electron chi connectivity index (χ0n) is 7.22. The van der Waals surface area contributed by atoms with Crippen LogP contribution in [0.1, 0.15) is 5.69 Å². The van der Waals surface area contributed by atoms with Crippen LogP contribution in [0.2, 0.25) is 0 Å². The molecule has 1 N–H and O–H groups in total. The Balaban J connectivity index is 2.66. The van der Waals surface area contributed by atoms with Crippen LogP contribution in [0.15, 0.2) is 11.1 Å². The Morgan fingerprint density at radius 1 is 1.54 bits per heavy atom. The van der Waals surface area contributed by atoms with Gasteiger partial charge in [-0.2, -0.15) is 0 Å². The summed E-state index contributed by atoms with van der Waals surface area (Å²) in [7, 11) is 1.84. The number of H-pyrrole nitrogens is 1. The van der Waals surface area contributed by atoms with Gasteiger partial charge in [0, 0.05) is 7.05 Å². The molecule has 68 valence electrons. The number of aromatic nitrogens is 6. The third kappa shape index (κ3) is 1.05. The van der Waals surface area contributed by atoms with Gasteiger partial charge in [-0.25, -0.2) is 14.9 Å². The Labute approximate surface area is 73.0 Å². The van der Waals surface area contributed by atoms with Crippen LogP contribution in [0.25, 0.3) is 5.82 Å². The second-order valence-corrected chi connectivity index (χ2v) is 2.68. The fourth-order valence-electron chi connectivity index (χ4n) is 1.02. The summed E-state index contributed by atoms with van der Waals surface area (Å²) in [4.78, 5) is 15.1. The van der Waals surface area contributed by atoms with Crippen LogP contribution in [0.3, 0.4) is 0 Å². The van der Waals surface area contributed by atoms with E-state index in [0.29, 0.717) is 5.82 Å². The summed E-state index contributed by atoms with van der Waals surface area (Å²) in [6.07, 6.45) is 1.62. The van der Waals surface area contributed by atoms with Gasteiger partial charge in [0.15, 0.2) is 5.82 Å². The van der Waals surface area contributed by atoms with Crippen LogP contribution in [0.4, 0.5) is 0 Å². The minimum atomic E-state index is -0.387. The van der Waals surface area contributed by atoms with Crippen molar-refractivity contribution in [1.29, 1.82) is 0 Å². The molecule has 0 aliphatic heterocycles. The maximum atomic E-state index is 11.1. The lowest BCUT2D eigenvalue weighted by molar-refractivity contribution is 0.755. The van der Waals surface area contributed by atoms with Gasteiger partial charge in [-0.05, 0) is 17.4 Å². The van der Waals surface area contributed by atoms with Gasteiger partial charge in [-0.3, -0.25) is 0 Å². The Hall–Kier alpha value is -1.92. The van der Waals surface area contributed by atoms with E-state index >= 15 is 0 Å². The van der Waals surface area contributed by atoms with E-state index in [9.17, 15) is 4.79 Å². The van der Waals surface area contributed by atoms with Gasteiger partial charge < -0.3 is 4.57 Å². The number of aryl methyl sites for hydroxylation is 1. The molecule has 0 saturated heterocycles. The molecule has 7 heteroatoms. The number of nitrogens with zero attached hydrogens (tertiary/aromatic N) is 5. The van der Waals surface area contributed by atoms with Crippen LogP contribution in [-0.2, 0) is 7.05 Å². The number of hydrogen-bond acceptors (Lipinski definition) is 4. The fourth-order valence-corrected chi connectivity index (χ4v) is 1.02. The number of nitrogens with one attached hydrogen (secondary N) is 1. The molecule has 0 atom stereocenters. The normalized spacial score (nSPS) is 10.6. The van der Waals surface area contributed by atoms with E-state index in [1.165, 1.54) is 0 Å². The van der Waals surface area contributed by atoms with Gasteiger partial charge >= 0.3 is 5.69 Å². The number of rotatable bonds is 1. The first-order valence-corrected chi connectivity index (χ1v) is 3.69. The molecule has 2 heterocycles. The number of tetrazole rings is 1. The van der Waals surface area contributed by atoms with Crippen LogP contribution in [-0.4, -0.2) is 29.8 Å². The lowest BCUT2D eigenvalue weighted by Crippen LogP contribution is -2.17. The number of imidazole rings is 1. The van der Waals surface area contributed by atoms with Crippen molar-refractivity contribution < 1.29 is 0 Å². The Bertz CT molecular complexity index is 477. The van der Waals surface area contributed by atoms with Gasteiger partial charge in [0.1, 0.15) is 0 Å². The molecule has 0 radical (unpaired) electrons. The molecule has 2 rings (SSSR count). The van der Waals surface area contributed by atoms with Crippen molar-refractivity contribution >= 4 is 0 Å². The fraction of sp³-hybridized carbons (Fsp3) is 0.333. The number of aromatic amines is 1. The lowest BCUT2D eigenvalue weighted by atomic mass is 10.5. The van der Waals surface area contributed by atoms with Crippen LogP contribution in [0, 0.1) is 6.92 Å². The first-order valence-electron chi connectivity index (χ1n) is 3.69. The average Bonchev–Trinajstić information content (AvgIpc) is 2.62. The molecule has 0 aliphatic rings. The van der Waals surface area contributed by atoms with E-state index in [1.54, 1.807) is 10.9 Å². The first-order chi connectivity index (χ1) is 6.20. The zero-order valence-corrected chi connectivity index (χ0v) is 7.22. The Kier molecular flexibility index (Phi) is 1.51. The van der Waals surface area contributed by atoms with Crippen LogP contribution < -0.4 is 5.69 Å². The quantitative estimate of drug-likeness (QED) is 0.610. The van der Waals surface area contributed by atoms with Crippen molar-refractivity contribution in [1.82, 2.24) is 29.8 Å². The lowest BCUT2D eigenvalue weighted by Gasteiger charge is -1.95. The first kappa shape index (κ1) is 7.71. The molecule has 0 spiro atoms. The minimum absolute atomic E-state index is 0.387. The van der Waals surface area contributed by atoms with Gasteiger partial charge in [0.05, 0.1) is 12.0 Å². The van der Waals surface area contributed by atoms with E-state index in [2.05, 4.69) is 20.5 Å². The smallest absolute Gasteiger partial charge is 0.336 e. The molecule has 2 aromatic rings. The van der Waals surface area contributed by atoms with Crippen molar-refractivity contribution in [2.45, 2.75) is 6.92 Å². The highest BCUT2D eigenvalue weighted by Crippen LogP contribution is 2.05. The molecular weight excluding hydrogens is 172 g/mol. The van der Waals surface area contributed by atoms with Crippen molar-refractivity contribution in [2.75, 3.05) is 0 Å². The van der Waals surface area contributed by atoms with Crippen molar-refractivity contribution in [2.24, 2.45) is 7.05 Å². The Morgan fingerprint density at radius 3 is 2.77 bits per heavy atom. The third-order valence-electron chi connectivity index (χ3n) is 1.88. The van der Waals surface area contributed by atoms with E-state index in [-0.39, 0.29) is 5.69 Å². The molecule has 0 saturated carbocycles. The van der Waals surface area contributed by atoms with E-state index in [0.717, 1.165) is 10.4 Å². The highest BCUT2D eigenvalue weighted by atomic mass is 16.2. The third-order valence-corrected chi connectivity index (χ3v) is 1.88. The van der Waals surface area contributed by atoms with E-state index < -0.39 is 0 Å². The zero-order chi connectivity index (χ0) is 9.42. The summed E-state index contributed by atoms with van der Waals surface area (Å²) in [5.41, 5.74) is 0.470. The van der Waals surface area contributed by atoms with Gasteiger partial charge in [-0.15, -0.1) is 4.68 Å². The molecule has 7 nitrogen and oxygen atoms in total. The molecule has 0 amide bonds.